The number of esters is 1. The van der Waals surface area contributed by atoms with Crippen LogP contribution in [0.15, 0.2) is 18.3 Å². The SMILES string of the molecule is COC(=O)CCc1ccc(Cl)nc1. The number of carbonyl (C=O) groups excluding carboxylic acids is 1. The zero-order valence-corrected chi connectivity index (χ0v) is 8.04. The minimum atomic E-state index is -0.213. The maximum Gasteiger partial charge on any atom is 0.305 e. The van der Waals surface area contributed by atoms with Crippen molar-refractivity contribution in [2.75, 3.05) is 7.11 Å². The van der Waals surface area contributed by atoms with Gasteiger partial charge in [0.05, 0.1) is 7.11 Å². The Bertz CT molecular complexity index is 284. The Hall–Kier alpha value is -1.09. The van der Waals surface area contributed by atoms with Gasteiger partial charge >= 0.3 is 5.97 Å². The van der Waals surface area contributed by atoms with Crippen LogP contribution < -0.4 is 0 Å². The van der Waals surface area contributed by atoms with E-state index in [2.05, 4.69) is 9.72 Å². The Morgan fingerprint density at radius 3 is 2.92 bits per heavy atom. The van der Waals surface area contributed by atoms with Crippen molar-refractivity contribution in [3.63, 3.8) is 0 Å². The minimum Gasteiger partial charge on any atom is -0.469 e. The summed E-state index contributed by atoms with van der Waals surface area (Å²) in [6.07, 6.45) is 2.67. The fourth-order valence-corrected chi connectivity index (χ4v) is 1.01. The molecule has 0 N–H and O–H groups in total. The molecule has 0 saturated heterocycles. The van der Waals surface area contributed by atoms with Crippen LogP contribution in [-0.4, -0.2) is 18.1 Å². The second kappa shape index (κ2) is 4.82. The van der Waals surface area contributed by atoms with Crippen LogP contribution in [0.3, 0.4) is 0 Å². The Kier molecular flexibility index (Phi) is 3.71. The van der Waals surface area contributed by atoms with Gasteiger partial charge in [0, 0.05) is 12.6 Å². The summed E-state index contributed by atoms with van der Waals surface area (Å²) in [5.41, 5.74) is 0.981. The zero-order chi connectivity index (χ0) is 9.68. The average molecular weight is 200 g/mol. The molecule has 0 atom stereocenters. The van der Waals surface area contributed by atoms with Crippen molar-refractivity contribution in [3.05, 3.63) is 29.0 Å². The number of methoxy groups -OCH3 is 1. The van der Waals surface area contributed by atoms with Crippen molar-refractivity contribution >= 4 is 17.6 Å². The Balaban J connectivity index is 2.46. The van der Waals surface area contributed by atoms with Crippen LogP contribution >= 0.6 is 11.6 Å². The summed E-state index contributed by atoms with van der Waals surface area (Å²) in [5.74, 6) is -0.213. The summed E-state index contributed by atoms with van der Waals surface area (Å²) >= 11 is 5.60. The lowest BCUT2D eigenvalue weighted by Crippen LogP contribution is -2.01. The normalized spacial score (nSPS) is 9.69. The van der Waals surface area contributed by atoms with E-state index in [0.29, 0.717) is 18.0 Å². The fraction of sp³-hybridized carbons (Fsp3) is 0.333. The molecule has 0 bridgehead atoms. The van der Waals surface area contributed by atoms with Crippen molar-refractivity contribution < 1.29 is 9.53 Å². The second-order valence-electron chi connectivity index (χ2n) is 2.57. The topological polar surface area (TPSA) is 39.2 Å². The van der Waals surface area contributed by atoms with Crippen molar-refractivity contribution in [3.8, 4) is 0 Å². The number of halogens is 1. The molecular weight excluding hydrogens is 190 g/mol. The van der Waals surface area contributed by atoms with Crippen LogP contribution in [0.1, 0.15) is 12.0 Å². The van der Waals surface area contributed by atoms with E-state index < -0.39 is 0 Å². The predicted octanol–water partition coefficient (Wildman–Crippen LogP) is 1.84. The molecule has 70 valence electrons. The molecule has 4 heteroatoms. The number of ether oxygens (including phenoxy) is 1. The third kappa shape index (κ3) is 3.42. The number of carbonyl (C=O) groups is 1. The van der Waals surface area contributed by atoms with Gasteiger partial charge in [0.15, 0.2) is 0 Å². The van der Waals surface area contributed by atoms with Gasteiger partial charge in [-0.15, -0.1) is 0 Å². The summed E-state index contributed by atoms with van der Waals surface area (Å²) < 4.78 is 4.51. The third-order valence-electron chi connectivity index (χ3n) is 1.63. The van der Waals surface area contributed by atoms with E-state index in [9.17, 15) is 4.79 Å². The molecule has 3 nitrogen and oxygen atoms in total. The van der Waals surface area contributed by atoms with Gasteiger partial charge in [-0.25, -0.2) is 4.98 Å². The van der Waals surface area contributed by atoms with Gasteiger partial charge in [0.2, 0.25) is 0 Å². The lowest BCUT2D eigenvalue weighted by Gasteiger charge is -1.99. The first-order valence-electron chi connectivity index (χ1n) is 3.89. The molecule has 0 aliphatic rings. The predicted molar refractivity (Wildman–Crippen MR) is 49.6 cm³/mol. The number of rotatable bonds is 3. The smallest absolute Gasteiger partial charge is 0.305 e. The number of hydrogen-bond donors (Lipinski definition) is 0. The molecule has 0 aliphatic carbocycles. The molecule has 1 rings (SSSR count). The number of hydrogen-bond acceptors (Lipinski definition) is 3. The van der Waals surface area contributed by atoms with Crippen LogP contribution in [0.4, 0.5) is 0 Å². The molecule has 0 radical (unpaired) electrons. The first-order chi connectivity index (χ1) is 6.22. The lowest BCUT2D eigenvalue weighted by atomic mass is 10.2. The maximum absolute atomic E-state index is 10.8. The average Bonchev–Trinajstić information content (AvgIpc) is 2.16. The first-order valence-corrected chi connectivity index (χ1v) is 4.27. The molecule has 0 fully saturated rings. The third-order valence-corrected chi connectivity index (χ3v) is 1.86. The summed E-state index contributed by atoms with van der Waals surface area (Å²) in [4.78, 5) is 14.7. The van der Waals surface area contributed by atoms with Crippen molar-refractivity contribution in [1.82, 2.24) is 4.98 Å². The highest BCUT2D eigenvalue weighted by atomic mass is 35.5. The minimum absolute atomic E-state index is 0.213. The molecule has 1 heterocycles. The van der Waals surface area contributed by atoms with E-state index in [1.165, 1.54) is 7.11 Å². The highest BCUT2D eigenvalue weighted by molar-refractivity contribution is 6.29. The first kappa shape index (κ1) is 9.99. The van der Waals surface area contributed by atoms with E-state index >= 15 is 0 Å². The summed E-state index contributed by atoms with van der Waals surface area (Å²) in [6.45, 7) is 0. The monoisotopic (exact) mass is 199 g/mol. The van der Waals surface area contributed by atoms with Crippen molar-refractivity contribution in [2.24, 2.45) is 0 Å². The van der Waals surface area contributed by atoms with Gasteiger partial charge in [-0.05, 0) is 18.1 Å². The Morgan fingerprint density at radius 1 is 1.62 bits per heavy atom. The summed E-state index contributed by atoms with van der Waals surface area (Å²) in [5, 5.41) is 0.460. The van der Waals surface area contributed by atoms with Crippen LogP contribution in [0.25, 0.3) is 0 Å². The molecule has 0 aromatic carbocycles. The zero-order valence-electron chi connectivity index (χ0n) is 7.29. The second-order valence-corrected chi connectivity index (χ2v) is 2.95. The fourth-order valence-electron chi connectivity index (χ4n) is 0.903. The lowest BCUT2D eigenvalue weighted by molar-refractivity contribution is -0.140. The molecule has 1 aromatic rings. The number of aromatic nitrogens is 1. The maximum atomic E-state index is 10.8. The van der Waals surface area contributed by atoms with Crippen LogP contribution in [0.2, 0.25) is 5.15 Å². The van der Waals surface area contributed by atoms with Gasteiger partial charge in [-0.3, -0.25) is 4.79 Å². The van der Waals surface area contributed by atoms with Gasteiger partial charge in [-0.2, -0.15) is 0 Å². The number of aryl methyl sites for hydroxylation is 1. The molecule has 0 amide bonds. The van der Waals surface area contributed by atoms with Crippen LogP contribution in [0, 0.1) is 0 Å². The van der Waals surface area contributed by atoms with E-state index in [-0.39, 0.29) is 5.97 Å². The molecule has 0 unspecified atom stereocenters. The van der Waals surface area contributed by atoms with Crippen molar-refractivity contribution in [1.29, 1.82) is 0 Å². The molecule has 13 heavy (non-hydrogen) atoms. The molecule has 0 aliphatic heterocycles. The summed E-state index contributed by atoms with van der Waals surface area (Å²) in [7, 11) is 1.38. The van der Waals surface area contributed by atoms with Gasteiger partial charge in [0.1, 0.15) is 5.15 Å². The van der Waals surface area contributed by atoms with Gasteiger partial charge in [-0.1, -0.05) is 17.7 Å². The number of nitrogens with zero attached hydrogens (tertiary/aromatic N) is 1. The molecule has 0 saturated carbocycles. The van der Waals surface area contributed by atoms with E-state index in [1.54, 1.807) is 12.3 Å². The van der Waals surface area contributed by atoms with Gasteiger partial charge in [0.25, 0.3) is 0 Å². The summed E-state index contributed by atoms with van der Waals surface area (Å²) in [6, 6.07) is 3.55. The van der Waals surface area contributed by atoms with E-state index in [4.69, 9.17) is 11.6 Å². The molecule has 1 aromatic heterocycles. The largest absolute Gasteiger partial charge is 0.469 e. The van der Waals surface area contributed by atoms with E-state index in [0.717, 1.165) is 5.56 Å². The highest BCUT2D eigenvalue weighted by Crippen LogP contribution is 2.07. The standard InChI is InChI=1S/C9H10ClNO2/c1-13-9(12)5-3-7-2-4-8(10)11-6-7/h2,4,6H,3,5H2,1H3. The Morgan fingerprint density at radius 2 is 2.38 bits per heavy atom. The van der Waals surface area contributed by atoms with Gasteiger partial charge < -0.3 is 4.74 Å². The Labute approximate surface area is 81.7 Å². The number of pyridine rings is 1. The molecular formula is C9H10ClNO2. The van der Waals surface area contributed by atoms with Crippen molar-refractivity contribution in [2.45, 2.75) is 12.8 Å². The highest BCUT2D eigenvalue weighted by Gasteiger charge is 2.01. The van der Waals surface area contributed by atoms with Crippen LogP contribution in [-0.2, 0) is 16.0 Å². The molecule has 0 spiro atoms. The quantitative estimate of drug-likeness (QED) is 0.551. The van der Waals surface area contributed by atoms with E-state index in [1.807, 2.05) is 6.07 Å². The van der Waals surface area contributed by atoms with Crippen LogP contribution in [0.5, 0.6) is 0 Å².